The van der Waals surface area contributed by atoms with Gasteiger partial charge in [0.25, 0.3) is 5.69 Å². The molecule has 0 bridgehead atoms. The van der Waals surface area contributed by atoms with Crippen molar-refractivity contribution >= 4 is 34.1 Å². The van der Waals surface area contributed by atoms with Gasteiger partial charge < -0.3 is 10.1 Å². The van der Waals surface area contributed by atoms with Gasteiger partial charge in [0, 0.05) is 34.7 Å². The van der Waals surface area contributed by atoms with Crippen LogP contribution in [0.1, 0.15) is 5.56 Å². The molecule has 0 heterocycles. The molecule has 3 aromatic rings. The van der Waals surface area contributed by atoms with Crippen molar-refractivity contribution in [2.75, 3.05) is 12.4 Å². The smallest absolute Gasteiger partial charge is 0.270 e. The summed E-state index contributed by atoms with van der Waals surface area (Å²) in [5.41, 5.74) is 1.22. The molecule has 0 unspecified atom stereocenters. The molecular formula is C20H16N2O4. The third kappa shape index (κ3) is 3.70. The first-order valence-corrected chi connectivity index (χ1v) is 7.88. The lowest BCUT2D eigenvalue weighted by molar-refractivity contribution is -0.384. The maximum absolute atomic E-state index is 12.2. The highest BCUT2D eigenvalue weighted by atomic mass is 16.6. The van der Waals surface area contributed by atoms with Gasteiger partial charge in [0.1, 0.15) is 5.75 Å². The molecule has 0 aliphatic rings. The lowest BCUT2D eigenvalue weighted by atomic mass is 10.1. The zero-order chi connectivity index (χ0) is 18.5. The molecule has 0 radical (unpaired) electrons. The van der Waals surface area contributed by atoms with Crippen molar-refractivity contribution in [1.82, 2.24) is 0 Å². The fraction of sp³-hybridized carbons (Fsp3) is 0.0500. The third-order valence-corrected chi connectivity index (χ3v) is 3.87. The fourth-order valence-corrected chi connectivity index (χ4v) is 2.65. The Bertz CT molecular complexity index is 1010. The van der Waals surface area contributed by atoms with Crippen LogP contribution in [0.4, 0.5) is 11.4 Å². The van der Waals surface area contributed by atoms with Crippen molar-refractivity contribution in [2.45, 2.75) is 0 Å². The molecule has 0 aromatic heterocycles. The summed E-state index contributed by atoms with van der Waals surface area (Å²) in [5.74, 6) is 0.401. The summed E-state index contributed by atoms with van der Waals surface area (Å²) in [4.78, 5) is 22.6. The molecule has 0 fully saturated rings. The van der Waals surface area contributed by atoms with Crippen LogP contribution in [0.15, 0.2) is 66.7 Å². The summed E-state index contributed by atoms with van der Waals surface area (Å²) < 4.78 is 5.34. The van der Waals surface area contributed by atoms with Gasteiger partial charge in [-0.1, -0.05) is 36.4 Å². The van der Waals surface area contributed by atoms with E-state index in [9.17, 15) is 14.9 Å². The van der Waals surface area contributed by atoms with Crippen LogP contribution in [0.2, 0.25) is 0 Å². The Balaban J connectivity index is 1.82. The zero-order valence-corrected chi connectivity index (χ0v) is 14.0. The Hall–Kier alpha value is -3.67. The van der Waals surface area contributed by atoms with Crippen molar-refractivity contribution in [1.29, 1.82) is 0 Å². The average Bonchev–Trinajstić information content (AvgIpc) is 2.67. The minimum absolute atomic E-state index is 0.0197. The number of non-ortho nitro benzene ring substituents is 1. The number of ether oxygens (including phenoxy) is 1. The van der Waals surface area contributed by atoms with Crippen LogP contribution < -0.4 is 10.1 Å². The van der Waals surface area contributed by atoms with Gasteiger partial charge in [-0.15, -0.1) is 0 Å². The van der Waals surface area contributed by atoms with Crippen LogP contribution in [0.3, 0.4) is 0 Å². The minimum Gasteiger partial charge on any atom is -0.496 e. The summed E-state index contributed by atoms with van der Waals surface area (Å²) >= 11 is 0. The topological polar surface area (TPSA) is 81.5 Å². The van der Waals surface area contributed by atoms with Gasteiger partial charge in [0.15, 0.2) is 0 Å². The number of fused-ring (bicyclic) bond motifs is 1. The maximum atomic E-state index is 12.2. The van der Waals surface area contributed by atoms with E-state index in [-0.39, 0.29) is 11.6 Å². The highest BCUT2D eigenvalue weighted by Gasteiger charge is 2.08. The van der Waals surface area contributed by atoms with E-state index in [1.807, 2.05) is 24.3 Å². The van der Waals surface area contributed by atoms with E-state index in [0.29, 0.717) is 11.3 Å². The van der Waals surface area contributed by atoms with E-state index in [1.165, 1.54) is 24.3 Å². The van der Waals surface area contributed by atoms with Crippen LogP contribution in [0.25, 0.3) is 16.8 Å². The number of methoxy groups -OCH3 is 1. The lowest BCUT2D eigenvalue weighted by Gasteiger charge is -2.10. The Morgan fingerprint density at radius 1 is 1.08 bits per heavy atom. The fourth-order valence-electron chi connectivity index (χ4n) is 2.65. The molecule has 0 saturated carbocycles. The van der Waals surface area contributed by atoms with Crippen molar-refractivity contribution < 1.29 is 14.5 Å². The van der Waals surface area contributed by atoms with Crippen molar-refractivity contribution in [3.63, 3.8) is 0 Å². The van der Waals surface area contributed by atoms with E-state index in [1.54, 1.807) is 31.4 Å². The predicted molar refractivity (Wildman–Crippen MR) is 101 cm³/mol. The quantitative estimate of drug-likeness (QED) is 0.421. The molecule has 0 aliphatic heterocycles. The highest BCUT2D eigenvalue weighted by molar-refractivity contribution is 6.08. The largest absolute Gasteiger partial charge is 0.496 e. The van der Waals surface area contributed by atoms with E-state index < -0.39 is 4.92 Å². The molecule has 0 spiro atoms. The number of anilines is 1. The summed E-state index contributed by atoms with van der Waals surface area (Å²) in [6.45, 7) is 0. The van der Waals surface area contributed by atoms with Gasteiger partial charge in [0.05, 0.1) is 12.0 Å². The van der Waals surface area contributed by atoms with E-state index in [0.717, 1.165) is 16.5 Å². The average molecular weight is 348 g/mol. The van der Waals surface area contributed by atoms with Gasteiger partial charge in [0.2, 0.25) is 5.91 Å². The molecule has 130 valence electrons. The molecule has 1 amide bonds. The Morgan fingerprint density at radius 3 is 2.58 bits per heavy atom. The SMILES string of the molecule is COc1ccc(NC(=O)C=Cc2cccc([N+](=O)[O-])c2)c2ccccc12. The molecular weight excluding hydrogens is 332 g/mol. The molecule has 0 aliphatic carbocycles. The van der Waals surface area contributed by atoms with E-state index in [2.05, 4.69) is 5.32 Å². The standard InChI is InChI=1S/C20H16N2O4/c1-26-19-11-10-18(16-7-2-3-8-17(16)19)21-20(23)12-9-14-5-4-6-15(13-14)22(24)25/h2-13H,1H3,(H,21,23). The van der Waals surface area contributed by atoms with Crippen LogP contribution in [0, 0.1) is 10.1 Å². The predicted octanol–water partition coefficient (Wildman–Crippen LogP) is 4.41. The zero-order valence-electron chi connectivity index (χ0n) is 14.0. The van der Waals surface area contributed by atoms with Gasteiger partial charge in [-0.25, -0.2) is 0 Å². The molecule has 26 heavy (non-hydrogen) atoms. The number of carbonyl (C=O) groups excluding carboxylic acids is 1. The van der Waals surface area contributed by atoms with Crippen molar-refractivity contribution in [3.8, 4) is 5.75 Å². The van der Waals surface area contributed by atoms with Crippen molar-refractivity contribution in [2.24, 2.45) is 0 Å². The van der Waals surface area contributed by atoms with Crippen LogP contribution >= 0.6 is 0 Å². The number of nitrogens with one attached hydrogen (secondary N) is 1. The first-order chi connectivity index (χ1) is 12.6. The third-order valence-electron chi connectivity index (χ3n) is 3.87. The van der Waals surface area contributed by atoms with Gasteiger partial charge in [-0.2, -0.15) is 0 Å². The van der Waals surface area contributed by atoms with Crippen LogP contribution in [0.5, 0.6) is 5.75 Å². The summed E-state index contributed by atoms with van der Waals surface area (Å²) in [6.07, 6.45) is 2.88. The number of hydrogen-bond donors (Lipinski definition) is 1. The molecule has 0 saturated heterocycles. The monoisotopic (exact) mass is 348 g/mol. The highest BCUT2D eigenvalue weighted by Crippen LogP contribution is 2.31. The first-order valence-electron chi connectivity index (χ1n) is 7.88. The number of amides is 1. The lowest BCUT2D eigenvalue weighted by Crippen LogP contribution is -2.08. The van der Waals surface area contributed by atoms with E-state index in [4.69, 9.17) is 4.74 Å². The molecule has 1 N–H and O–H groups in total. The summed E-state index contributed by atoms with van der Waals surface area (Å²) in [5, 5.41) is 15.4. The number of nitrogens with zero attached hydrogens (tertiary/aromatic N) is 1. The van der Waals surface area contributed by atoms with Crippen LogP contribution in [-0.4, -0.2) is 17.9 Å². The number of hydrogen-bond acceptors (Lipinski definition) is 4. The van der Waals surface area contributed by atoms with Gasteiger partial charge >= 0.3 is 0 Å². The minimum atomic E-state index is -0.471. The molecule has 0 atom stereocenters. The Morgan fingerprint density at radius 2 is 1.85 bits per heavy atom. The number of rotatable bonds is 5. The van der Waals surface area contributed by atoms with Gasteiger partial charge in [-0.05, 0) is 23.8 Å². The van der Waals surface area contributed by atoms with E-state index >= 15 is 0 Å². The van der Waals surface area contributed by atoms with Crippen LogP contribution in [-0.2, 0) is 4.79 Å². The number of carbonyl (C=O) groups is 1. The second kappa shape index (κ2) is 7.48. The van der Waals surface area contributed by atoms with Gasteiger partial charge in [-0.3, -0.25) is 14.9 Å². The second-order valence-electron chi connectivity index (χ2n) is 5.54. The summed E-state index contributed by atoms with van der Waals surface area (Å²) in [7, 11) is 1.60. The number of nitro benzene ring substituents is 1. The molecule has 3 rings (SSSR count). The molecule has 3 aromatic carbocycles. The van der Waals surface area contributed by atoms with Crippen molar-refractivity contribution in [3.05, 3.63) is 82.4 Å². The first kappa shape index (κ1) is 17.2. The normalized spacial score (nSPS) is 10.8. The maximum Gasteiger partial charge on any atom is 0.270 e. The number of nitro groups is 1. The Kier molecular flexibility index (Phi) is 4.94. The number of benzene rings is 3. The molecule has 6 heteroatoms. The summed E-state index contributed by atoms with van der Waals surface area (Å²) in [6, 6.07) is 17.3. The molecule has 6 nitrogen and oxygen atoms in total. The second-order valence-corrected chi connectivity index (χ2v) is 5.54. The Labute approximate surface area is 149 Å².